The molecule has 0 unspecified atom stereocenters. The average molecular weight is 356 g/mol. The van der Waals surface area contributed by atoms with E-state index in [0.29, 0.717) is 11.6 Å². The molecule has 3 heterocycles. The zero-order valence-electron chi connectivity index (χ0n) is 14.2. The smallest absolute Gasteiger partial charge is 0.226 e. The van der Waals surface area contributed by atoms with E-state index in [9.17, 15) is 4.79 Å². The lowest BCUT2D eigenvalue weighted by Gasteiger charge is -2.40. The summed E-state index contributed by atoms with van der Waals surface area (Å²) in [6, 6.07) is 10.4. The number of likely N-dealkylation sites (tertiary alicyclic amines) is 1. The predicted molar refractivity (Wildman–Crippen MR) is 98.2 cm³/mol. The van der Waals surface area contributed by atoms with Crippen molar-refractivity contribution in [3.05, 3.63) is 64.4 Å². The Labute approximate surface area is 153 Å². The second-order valence-electron chi connectivity index (χ2n) is 7.15. The maximum Gasteiger partial charge on any atom is 0.226 e. The van der Waals surface area contributed by atoms with Crippen LogP contribution in [-0.4, -0.2) is 28.9 Å². The summed E-state index contributed by atoms with van der Waals surface area (Å²) in [5, 5.41) is 3.86. The molecule has 130 valence electrons. The third-order valence-corrected chi connectivity index (χ3v) is 5.97. The number of aromatic nitrogens is 1. The number of benzene rings is 1. The molecule has 4 rings (SSSR count). The van der Waals surface area contributed by atoms with Gasteiger partial charge in [0.25, 0.3) is 0 Å². The molecule has 0 saturated carbocycles. The van der Waals surface area contributed by atoms with Crippen molar-refractivity contribution in [3.8, 4) is 0 Å². The lowest BCUT2D eigenvalue weighted by molar-refractivity contribution is -0.133. The van der Waals surface area contributed by atoms with Crippen molar-refractivity contribution in [2.24, 2.45) is 5.41 Å². The van der Waals surface area contributed by atoms with E-state index in [-0.39, 0.29) is 11.3 Å². The van der Waals surface area contributed by atoms with Gasteiger partial charge in [-0.3, -0.25) is 14.7 Å². The number of hydrogen-bond donors (Lipinski definition) is 1. The lowest BCUT2D eigenvalue weighted by atomic mass is 9.73. The molecule has 0 radical (unpaired) electrons. The van der Waals surface area contributed by atoms with E-state index in [2.05, 4.69) is 33.4 Å². The molecule has 0 bridgehead atoms. The van der Waals surface area contributed by atoms with Crippen molar-refractivity contribution in [2.75, 3.05) is 13.1 Å². The van der Waals surface area contributed by atoms with Gasteiger partial charge in [0.2, 0.25) is 5.91 Å². The number of amides is 1. The number of nitrogens with one attached hydrogen (secondary N) is 1. The van der Waals surface area contributed by atoms with Crippen molar-refractivity contribution in [1.82, 2.24) is 15.2 Å². The summed E-state index contributed by atoms with van der Waals surface area (Å²) in [6.45, 7) is 3.28. The summed E-state index contributed by atoms with van der Waals surface area (Å²) in [5.41, 5.74) is 3.39. The van der Waals surface area contributed by atoms with Crippen LogP contribution in [0.5, 0.6) is 0 Å². The summed E-state index contributed by atoms with van der Waals surface area (Å²) in [4.78, 5) is 19.2. The highest BCUT2D eigenvalue weighted by Gasteiger charge is 2.42. The van der Waals surface area contributed by atoms with Gasteiger partial charge in [-0.15, -0.1) is 0 Å². The van der Waals surface area contributed by atoms with Crippen LogP contribution in [0.1, 0.15) is 29.5 Å². The molecule has 1 aromatic heterocycles. The molecule has 2 aliphatic heterocycles. The van der Waals surface area contributed by atoms with Gasteiger partial charge in [-0.05, 0) is 55.1 Å². The van der Waals surface area contributed by atoms with E-state index in [1.165, 1.54) is 11.1 Å². The number of hydrogen-bond acceptors (Lipinski definition) is 3. The van der Waals surface area contributed by atoms with Crippen LogP contribution in [0.15, 0.2) is 42.7 Å². The summed E-state index contributed by atoms with van der Waals surface area (Å²) in [5.74, 6) is 0.213. The first-order valence-corrected chi connectivity index (χ1v) is 9.20. The SMILES string of the molecule is O=C1NCc2ccccc2CC12CCN(Cc1ccncc1Cl)CC2. The number of pyridine rings is 1. The maximum atomic E-state index is 12.8. The minimum absolute atomic E-state index is 0.213. The molecule has 1 spiro atoms. The Bertz CT molecular complexity index is 784. The number of rotatable bonds is 2. The molecule has 2 aliphatic rings. The van der Waals surface area contributed by atoms with Crippen LogP contribution in [0.2, 0.25) is 5.02 Å². The molecule has 1 fully saturated rings. The number of halogens is 1. The van der Waals surface area contributed by atoms with Crippen LogP contribution in [0.25, 0.3) is 0 Å². The van der Waals surface area contributed by atoms with Crippen molar-refractivity contribution in [1.29, 1.82) is 0 Å². The number of carbonyl (C=O) groups is 1. The van der Waals surface area contributed by atoms with Crippen LogP contribution in [0, 0.1) is 5.41 Å². The van der Waals surface area contributed by atoms with Gasteiger partial charge < -0.3 is 5.32 Å². The molecule has 1 amide bonds. The van der Waals surface area contributed by atoms with E-state index in [0.717, 1.165) is 44.5 Å². The van der Waals surface area contributed by atoms with Crippen LogP contribution >= 0.6 is 11.6 Å². The van der Waals surface area contributed by atoms with Gasteiger partial charge in [0.1, 0.15) is 0 Å². The fourth-order valence-corrected chi connectivity index (χ4v) is 4.21. The van der Waals surface area contributed by atoms with Crippen molar-refractivity contribution in [3.63, 3.8) is 0 Å². The number of piperidine rings is 1. The van der Waals surface area contributed by atoms with Gasteiger partial charge in [-0.25, -0.2) is 0 Å². The van der Waals surface area contributed by atoms with Crippen molar-refractivity contribution in [2.45, 2.75) is 32.4 Å². The van der Waals surface area contributed by atoms with Gasteiger partial charge in [-0.2, -0.15) is 0 Å². The van der Waals surface area contributed by atoms with Gasteiger partial charge >= 0.3 is 0 Å². The van der Waals surface area contributed by atoms with E-state index >= 15 is 0 Å². The monoisotopic (exact) mass is 355 g/mol. The highest BCUT2D eigenvalue weighted by Crippen LogP contribution is 2.38. The van der Waals surface area contributed by atoms with Crippen molar-refractivity contribution < 1.29 is 4.79 Å². The Morgan fingerprint density at radius 3 is 2.68 bits per heavy atom. The number of fused-ring (bicyclic) bond motifs is 1. The molecule has 0 atom stereocenters. The molecule has 5 heteroatoms. The lowest BCUT2D eigenvalue weighted by Crippen LogP contribution is -2.48. The molecule has 1 saturated heterocycles. The average Bonchev–Trinajstić information content (AvgIpc) is 2.77. The van der Waals surface area contributed by atoms with E-state index in [1.54, 1.807) is 12.4 Å². The Balaban J connectivity index is 1.48. The van der Waals surface area contributed by atoms with Crippen LogP contribution in [0.4, 0.5) is 0 Å². The highest BCUT2D eigenvalue weighted by molar-refractivity contribution is 6.31. The fourth-order valence-electron chi connectivity index (χ4n) is 4.03. The second kappa shape index (κ2) is 6.77. The first-order valence-electron chi connectivity index (χ1n) is 8.82. The summed E-state index contributed by atoms with van der Waals surface area (Å²) < 4.78 is 0. The fraction of sp³-hybridized carbons (Fsp3) is 0.400. The first-order chi connectivity index (χ1) is 12.2. The largest absolute Gasteiger partial charge is 0.352 e. The third kappa shape index (κ3) is 3.29. The molecule has 1 N–H and O–H groups in total. The quantitative estimate of drug-likeness (QED) is 0.899. The standard InChI is InChI=1S/C20H22ClN3O/c21-18-13-22-8-5-17(18)14-24-9-6-20(7-10-24)11-15-3-1-2-4-16(15)12-23-19(20)25/h1-5,8,13H,6-7,9-12,14H2,(H,23,25). The Morgan fingerprint density at radius 1 is 1.16 bits per heavy atom. The zero-order chi connectivity index (χ0) is 17.3. The molecule has 0 aliphatic carbocycles. The van der Waals surface area contributed by atoms with E-state index < -0.39 is 0 Å². The first kappa shape index (κ1) is 16.6. The van der Waals surface area contributed by atoms with Gasteiger partial charge in [0.05, 0.1) is 10.4 Å². The van der Waals surface area contributed by atoms with Crippen molar-refractivity contribution >= 4 is 17.5 Å². The number of nitrogens with zero attached hydrogens (tertiary/aromatic N) is 2. The van der Waals surface area contributed by atoms with E-state index in [1.807, 2.05) is 12.1 Å². The third-order valence-electron chi connectivity index (χ3n) is 5.63. The molecular formula is C20H22ClN3O. The van der Waals surface area contributed by atoms with Crippen LogP contribution in [0.3, 0.4) is 0 Å². The molecule has 25 heavy (non-hydrogen) atoms. The Hall–Kier alpha value is -1.91. The summed E-state index contributed by atoms with van der Waals surface area (Å²) in [6.07, 6.45) is 6.09. The highest BCUT2D eigenvalue weighted by atomic mass is 35.5. The summed E-state index contributed by atoms with van der Waals surface area (Å²) in [7, 11) is 0. The number of carbonyl (C=O) groups excluding carboxylic acids is 1. The Kier molecular flexibility index (Phi) is 4.48. The normalized spacial score (nSPS) is 20.0. The van der Waals surface area contributed by atoms with Gasteiger partial charge in [0.15, 0.2) is 0 Å². The second-order valence-corrected chi connectivity index (χ2v) is 7.56. The van der Waals surface area contributed by atoms with Gasteiger partial charge in [-0.1, -0.05) is 35.9 Å². The van der Waals surface area contributed by atoms with Gasteiger partial charge in [0, 0.05) is 25.5 Å². The van der Waals surface area contributed by atoms with Crippen LogP contribution < -0.4 is 5.32 Å². The van der Waals surface area contributed by atoms with E-state index in [4.69, 9.17) is 11.6 Å². The Morgan fingerprint density at radius 2 is 1.92 bits per heavy atom. The van der Waals surface area contributed by atoms with Crippen LogP contribution in [-0.2, 0) is 24.3 Å². The predicted octanol–water partition coefficient (Wildman–Crippen LogP) is 3.19. The maximum absolute atomic E-state index is 12.8. The zero-order valence-corrected chi connectivity index (χ0v) is 14.9. The minimum Gasteiger partial charge on any atom is -0.352 e. The molecule has 4 nitrogen and oxygen atoms in total. The molecule has 2 aromatic rings. The molecular weight excluding hydrogens is 334 g/mol. The minimum atomic E-state index is -0.273. The molecule has 1 aromatic carbocycles. The summed E-state index contributed by atoms with van der Waals surface area (Å²) >= 11 is 6.23. The topological polar surface area (TPSA) is 45.2 Å².